The molecule has 1 amide bonds. The van der Waals surface area contributed by atoms with Gasteiger partial charge in [0.1, 0.15) is 16.6 Å². The monoisotopic (exact) mass is 456 g/mol. The van der Waals surface area contributed by atoms with E-state index in [1.165, 1.54) is 11.3 Å². The molecule has 0 fully saturated rings. The van der Waals surface area contributed by atoms with E-state index in [0.717, 1.165) is 20.9 Å². The van der Waals surface area contributed by atoms with Crippen LogP contribution < -0.4 is 10.1 Å². The molecule has 2 aromatic carbocycles. The maximum Gasteiger partial charge on any atom is 0.320 e. The van der Waals surface area contributed by atoms with Crippen LogP contribution in [0.1, 0.15) is 38.0 Å². The summed E-state index contributed by atoms with van der Waals surface area (Å²) in [7, 11) is 0. The molecule has 0 radical (unpaired) electrons. The highest BCUT2D eigenvalue weighted by Gasteiger charge is 2.23. The molecule has 4 aromatic rings. The number of halogens is 2. The number of rotatable bonds is 8. The number of aromatic nitrogens is 3. The number of nitrogens with one attached hydrogen (secondary N) is 1. The second kappa shape index (κ2) is 9.44. The molecule has 0 aliphatic carbocycles. The first-order chi connectivity index (χ1) is 15.5. The van der Waals surface area contributed by atoms with Gasteiger partial charge in [0.05, 0.1) is 41.4 Å². The predicted molar refractivity (Wildman–Crippen MR) is 120 cm³/mol. The van der Waals surface area contributed by atoms with Crippen LogP contribution in [-0.4, -0.2) is 27.0 Å². The van der Waals surface area contributed by atoms with Gasteiger partial charge in [-0.3, -0.25) is 9.36 Å². The molecule has 0 bridgehead atoms. The highest BCUT2D eigenvalue weighted by Crippen LogP contribution is 2.32. The van der Waals surface area contributed by atoms with Crippen LogP contribution in [0.5, 0.6) is 5.75 Å². The summed E-state index contributed by atoms with van der Waals surface area (Å²) in [6.45, 7) is 1.34. The Morgan fingerprint density at radius 3 is 2.69 bits per heavy atom. The smallest absolute Gasteiger partial charge is 0.320 e. The molecule has 2 aromatic heterocycles. The van der Waals surface area contributed by atoms with Gasteiger partial charge in [-0.05, 0) is 38.1 Å². The maximum absolute atomic E-state index is 13.7. The lowest BCUT2D eigenvalue weighted by Crippen LogP contribution is -2.30. The van der Waals surface area contributed by atoms with E-state index in [9.17, 15) is 13.6 Å². The number of fused-ring (bicyclic) bond motifs is 1. The fourth-order valence-corrected chi connectivity index (χ4v) is 4.38. The van der Waals surface area contributed by atoms with Crippen LogP contribution in [0.3, 0.4) is 0 Å². The maximum atomic E-state index is 13.7. The van der Waals surface area contributed by atoms with Crippen molar-refractivity contribution in [2.75, 3.05) is 6.61 Å². The summed E-state index contributed by atoms with van der Waals surface area (Å²) in [5.74, 6) is 0.527. The average Bonchev–Trinajstić information content (AvgIpc) is 3.39. The third-order valence-electron chi connectivity index (χ3n) is 4.89. The summed E-state index contributed by atoms with van der Waals surface area (Å²) in [6.07, 6.45) is 0.0343. The number of carbonyl (C=O) groups is 1. The van der Waals surface area contributed by atoms with Crippen molar-refractivity contribution in [2.45, 2.75) is 32.9 Å². The first-order valence-electron chi connectivity index (χ1n) is 10.2. The zero-order chi connectivity index (χ0) is 22.7. The second-order valence-electron chi connectivity index (χ2n) is 7.15. The Morgan fingerprint density at radius 1 is 1.16 bits per heavy atom. The molecule has 0 spiro atoms. The van der Waals surface area contributed by atoms with E-state index in [0.29, 0.717) is 23.3 Å². The summed E-state index contributed by atoms with van der Waals surface area (Å²) in [6, 6.07) is 13.6. The Morgan fingerprint density at radius 2 is 1.91 bits per heavy atom. The first kappa shape index (κ1) is 21.9. The molecule has 1 N–H and O–H groups in total. The topological polar surface area (TPSA) is 69.0 Å². The molecule has 4 rings (SSSR count). The minimum absolute atomic E-state index is 0.0343. The van der Waals surface area contributed by atoms with E-state index in [1.807, 2.05) is 36.6 Å². The van der Waals surface area contributed by atoms with E-state index >= 15 is 0 Å². The fourth-order valence-electron chi connectivity index (χ4n) is 3.53. The SMILES string of the molecule is CCOc1ccccc1-c1nc(CC(=O)NC(C)c2nc3ccccc3n2C(F)F)cs1. The molecule has 6 nitrogen and oxygen atoms in total. The van der Waals surface area contributed by atoms with E-state index < -0.39 is 12.6 Å². The molecule has 0 saturated carbocycles. The number of thiazole rings is 1. The van der Waals surface area contributed by atoms with E-state index in [2.05, 4.69) is 15.3 Å². The Kier molecular flexibility index (Phi) is 6.45. The third-order valence-corrected chi connectivity index (χ3v) is 5.82. The Bertz CT molecular complexity index is 1240. The molecule has 166 valence electrons. The first-order valence-corrected chi connectivity index (χ1v) is 11.1. The van der Waals surface area contributed by atoms with Crippen molar-refractivity contribution in [1.82, 2.24) is 19.9 Å². The minimum Gasteiger partial charge on any atom is -0.493 e. The quantitative estimate of drug-likeness (QED) is 0.387. The number of benzene rings is 2. The lowest BCUT2D eigenvalue weighted by molar-refractivity contribution is -0.121. The Labute approximate surface area is 187 Å². The van der Waals surface area contributed by atoms with Crippen LogP contribution in [0.4, 0.5) is 8.78 Å². The van der Waals surface area contributed by atoms with Gasteiger partial charge in [-0.1, -0.05) is 24.3 Å². The number of alkyl halides is 2. The van der Waals surface area contributed by atoms with E-state index in [4.69, 9.17) is 4.74 Å². The zero-order valence-corrected chi connectivity index (χ0v) is 18.4. The van der Waals surface area contributed by atoms with Crippen molar-refractivity contribution < 1.29 is 18.3 Å². The molecule has 0 saturated heterocycles. The fraction of sp³-hybridized carbons (Fsp3) is 0.261. The van der Waals surface area contributed by atoms with E-state index in [-0.39, 0.29) is 18.2 Å². The van der Waals surface area contributed by atoms with Crippen LogP contribution in [0, 0.1) is 0 Å². The molecule has 1 atom stereocenters. The van der Waals surface area contributed by atoms with Gasteiger partial charge in [-0.2, -0.15) is 8.78 Å². The van der Waals surface area contributed by atoms with Crippen LogP contribution in [0.15, 0.2) is 53.9 Å². The van der Waals surface area contributed by atoms with Crippen LogP contribution in [-0.2, 0) is 11.2 Å². The highest BCUT2D eigenvalue weighted by atomic mass is 32.1. The third kappa shape index (κ3) is 4.47. The predicted octanol–water partition coefficient (Wildman–Crippen LogP) is 5.37. The molecule has 2 heterocycles. The van der Waals surface area contributed by atoms with Gasteiger partial charge >= 0.3 is 6.55 Å². The summed E-state index contributed by atoms with van der Waals surface area (Å²) in [5, 5.41) is 5.34. The van der Waals surface area contributed by atoms with Crippen molar-refractivity contribution in [3.8, 4) is 16.3 Å². The largest absolute Gasteiger partial charge is 0.493 e. The molecular formula is C23H22F2N4O2S. The van der Waals surface area contributed by atoms with E-state index in [1.54, 1.807) is 31.2 Å². The molecule has 9 heteroatoms. The number of imidazole rings is 1. The van der Waals surface area contributed by atoms with Crippen molar-refractivity contribution in [3.63, 3.8) is 0 Å². The number of carbonyl (C=O) groups excluding carboxylic acids is 1. The van der Waals surface area contributed by atoms with Crippen molar-refractivity contribution in [1.29, 1.82) is 0 Å². The number of ether oxygens (including phenoxy) is 1. The summed E-state index contributed by atoms with van der Waals surface area (Å²) in [4.78, 5) is 21.5. The van der Waals surface area contributed by atoms with Crippen LogP contribution >= 0.6 is 11.3 Å². The highest BCUT2D eigenvalue weighted by molar-refractivity contribution is 7.13. The lowest BCUT2D eigenvalue weighted by atomic mass is 10.2. The van der Waals surface area contributed by atoms with Gasteiger partial charge in [0.25, 0.3) is 0 Å². The number of para-hydroxylation sites is 3. The Balaban J connectivity index is 1.49. The normalized spacial score (nSPS) is 12.3. The number of amides is 1. The molecular weight excluding hydrogens is 434 g/mol. The average molecular weight is 457 g/mol. The van der Waals surface area contributed by atoms with Crippen molar-refractivity contribution >= 4 is 28.3 Å². The lowest BCUT2D eigenvalue weighted by Gasteiger charge is -2.15. The molecule has 1 unspecified atom stereocenters. The van der Waals surface area contributed by atoms with Gasteiger partial charge in [0.15, 0.2) is 0 Å². The zero-order valence-electron chi connectivity index (χ0n) is 17.6. The Hall–Kier alpha value is -3.33. The van der Waals surface area contributed by atoms with Gasteiger partial charge in [0, 0.05) is 5.38 Å². The van der Waals surface area contributed by atoms with Gasteiger partial charge in [0.2, 0.25) is 5.91 Å². The molecule has 0 aliphatic heterocycles. The second-order valence-corrected chi connectivity index (χ2v) is 8.00. The summed E-state index contributed by atoms with van der Waals surface area (Å²) in [5.41, 5.74) is 2.25. The van der Waals surface area contributed by atoms with Crippen LogP contribution in [0.25, 0.3) is 21.6 Å². The summed E-state index contributed by atoms with van der Waals surface area (Å²) < 4.78 is 33.9. The number of hydrogen-bond donors (Lipinski definition) is 1. The molecule has 32 heavy (non-hydrogen) atoms. The van der Waals surface area contributed by atoms with Crippen LogP contribution in [0.2, 0.25) is 0 Å². The standard InChI is InChI=1S/C23H22F2N4O2S/c1-3-31-19-11-7-4-8-16(19)22-27-15(13-32-22)12-20(30)26-14(2)21-28-17-9-5-6-10-18(17)29(21)23(24)25/h4-11,13-14,23H,3,12H2,1-2H3,(H,26,30). The number of nitrogens with zero attached hydrogens (tertiary/aromatic N) is 3. The van der Waals surface area contributed by atoms with Gasteiger partial charge < -0.3 is 10.1 Å². The minimum atomic E-state index is -2.76. The van der Waals surface area contributed by atoms with Gasteiger partial charge in [-0.15, -0.1) is 11.3 Å². The van der Waals surface area contributed by atoms with Crippen molar-refractivity contribution in [3.05, 3.63) is 65.4 Å². The van der Waals surface area contributed by atoms with Crippen molar-refractivity contribution in [2.24, 2.45) is 0 Å². The van der Waals surface area contributed by atoms with Gasteiger partial charge in [-0.25, -0.2) is 9.97 Å². The molecule has 0 aliphatic rings. The summed E-state index contributed by atoms with van der Waals surface area (Å²) >= 11 is 1.42. The number of hydrogen-bond acceptors (Lipinski definition) is 5.